The van der Waals surface area contributed by atoms with Crippen LogP contribution in [-0.4, -0.2) is 0 Å². The van der Waals surface area contributed by atoms with Crippen molar-refractivity contribution in [3.8, 4) is 0 Å². The van der Waals surface area contributed by atoms with Gasteiger partial charge in [0.1, 0.15) is 0 Å². The molecule has 0 aromatic heterocycles. The smallest absolute Gasteiger partial charge is 0 e. The fourth-order valence-corrected chi connectivity index (χ4v) is 0.515. The van der Waals surface area contributed by atoms with Crippen LogP contribution in [0.4, 0.5) is 0 Å². The molecular formula is C6H7Pt-. The van der Waals surface area contributed by atoms with E-state index in [0.717, 1.165) is 6.42 Å². The van der Waals surface area contributed by atoms with E-state index in [0.29, 0.717) is 0 Å². The van der Waals surface area contributed by atoms with Crippen LogP contribution in [-0.2, 0) is 21.1 Å². The van der Waals surface area contributed by atoms with Crippen molar-refractivity contribution in [3.63, 3.8) is 0 Å². The average molecular weight is 274 g/mol. The van der Waals surface area contributed by atoms with Crippen molar-refractivity contribution in [2.45, 2.75) is 13.3 Å². The zero-order valence-corrected chi connectivity index (χ0v) is 6.45. The van der Waals surface area contributed by atoms with Crippen LogP contribution in [0.1, 0.15) is 13.3 Å². The Hall–Kier alpha value is 0.168. The summed E-state index contributed by atoms with van der Waals surface area (Å²) in [4.78, 5) is 0. The molecule has 1 aliphatic rings. The van der Waals surface area contributed by atoms with E-state index in [9.17, 15) is 0 Å². The van der Waals surface area contributed by atoms with E-state index >= 15 is 0 Å². The number of hydrogen-bond acceptors (Lipinski definition) is 0. The van der Waals surface area contributed by atoms with Crippen molar-refractivity contribution in [1.29, 1.82) is 0 Å². The number of hydrogen-bond donors (Lipinski definition) is 0. The van der Waals surface area contributed by atoms with Gasteiger partial charge in [0.2, 0.25) is 0 Å². The molecule has 0 radical (unpaired) electrons. The molecule has 0 amide bonds. The second-order valence-electron chi connectivity index (χ2n) is 1.47. The van der Waals surface area contributed by atoms with Gasteiger partial charge < -0.3 is 0 Å². The Morgan fingerprint density at radius 3 is 2.57 bits per heavy atom. The summed E-state index contributed by atoms with van der Waals surface area (Å²) in [7, 11) is 0. The monoisotopic (exact) mass is 274 g/mol. The van der Waals surface area contributed by atoms with Crippen LogP contribution < -0.4 is 0 Å². The zero-order valence-electron chi connectivity index (χ0n) is 4.18. The molecule has 0 saturated carbocycles. The quantitative estimate of drug-likeness (QED) is 0.590. The zero-order chi connectivity index (χ0) is 4.41. The van der Waals surface area contributed by atoms with Gasteiger partial charge in [-0.15, -0.1) is 6.42 Å². The van der Waals surface area contributed by atoms with Crippen molar-refractivity contribution < 1.29 is 21.1 Å². The first-order chi connectivity index (χ1) is 2.89. The van der Waals surface area contributed by atoms with Crippen LogP contribution >= 0.6 is 0 Å². The van der Waals surface area contributed by atoms with Gasteiger partial charge in [-0.25, -0.2) is 11.6 Å². The van der Waals surface area contributed by atoms with E-state index in [2.05, 4.69) is 25.2 Å². The first-order valence-electron chi connectivity index (χ1n) is 2.13. The summed E-state index contributed by atoms with van der Waals surface area (Å²) < 4.78 is 0. The van der Waals surface area contributed by atoms with Gasteiger partial charge in [-0.3, -0.25) is 6.08 Å². The minimum Gasteiger partial charge on any atom is -0.270 e. The van der Waals surface area contributed by atoms with Crippen molar-refractivity contribution >= 4 is 0 Å². The minimum atomic E-state index is 0. The molecule has 0 saturated heterocycles. The molecule has 0 spiro atoms. The minimum absolute atomic E-state index is 0. The van der Waals surface area contributed by atoms with Gasteiger partial charge in [0.15, 0.2) is 0 Å². The van der Waals surface area contributed by atoms with Crippen LogP contribution in [0.3, 0.4) is 0 Å². The van der Waals surface area contributed by atoms with Gasteiger partial charge in [0, 0.05) is 21.1 Å². The molecule has 0 N–H and O–H groups in total. The molecule has 1 heteroatoms. The first kappa shape index (κ1) is 7.17. The maximum atomic E-state index is 3.12. The molecule has 1 aliphatic carbocycles. The molecule has 0 unspecified atom stereocenters. The second kappa shape index (κ2) is 3.21. The molecule has 0 atom stereocenters. The Morgan fingerprint density at radius 2 is 2.43 bits per heavy atom. The van der Waals surface area contributed by atoms with Gasteiger partial charge in [-0.05, 0) is 0 Å². The average Bonchev–Trinajstić information content (AvgIpc) is 1.86. The van der Waals surface area contributed by atoms with E-state index in [1.807, 2.05) is 0 Å². The Morgan fingerprint density at radius 1 is 1.71 bits per heavy atom. The standard InChI is InChI=1S/C6H7.Pt/c1-6-4-2-3-5-6;/h2,4H,3H2,1H3;/q-1;. The molecule has 0 nitrogen and oxygen atoms in total. The summed E-state index contributed by atoms with van der Waals surface area (Å²) in [5, 5.41) is 0. The Balaban J connectivity index is 0.000000360. The molecule has 0 aromatic rings. The van der Waals surface area contributed by atoms with Gasteiger partial charge in [-0.2, -0.15) is 6.08 Å². The molecule has 0 heterocycles. The van der Waals surface area contributed by atoms with Gasteiger partial charge in [-0.1, -0.05) is 6.92 Å². The molecule has 0 bridgehead atoms. The topological polar surface area (TPSA) is 0 Å². The van der Waals surface area contributed by atoms with Crippen molar-refractivity contribution in [3.05, 3.63) is 23.8 Å². The van der Waals surface area contributed by atoms with Crippen molar-refractivity contribution in [2.75, 3.05) is 0 Å². The van der Waals surface area contributed by atoms with Crippen molar-refractivity contribution in [1.82, 2.24) is 0 Å². The third-order valence-corrected chi connectivity index (χ3v) is 0.867. The van der Waals surface area contributed by atoms with Crippen LogP contribution in [0.25, 0.3) is 0 Å². The van der Waals surface area contributed by atoms with Gasteiger partial charge in [0.05, 0.1) is 0 Å². The summed E-state index contributed by atoms with van der Waals surface area (Å²) in [6.45, 7) is 2.06. The van der Waals surface area contributed by atoms with Crippen LogP contribution in [0.5, 0.6) is 0 Å². The van der Waals surface area contributed by atoms with E-state index in [4.69, 9.17) is 0 Å². The van der Waals surface area contributed by atoms with E-state index < -0.39 is 0 Å². The van der Waals surface area contributed by atoms with Crippen LogP contribution in [0, 0.1) is 6.08 Å². The fraction of sp³-hybridized carbons (Fsp3) is 0.333. The molecular weight excluding hydrogens is 267 g/mol. The second-order valence-corrected chi connectivity index (χ2v) is 1.47. The van der Waals surface area contributed by atoms with Crippen molar-refractivity contribution in [2.24, 2.45) is 0 Å². The fourth-order valence-electron chi connectivity index (χ4n) is 0.515. The first-order valence-corrected chi connectivity index (χ1v) is 2.13. The Kier molecular flexibility index (Phi) is 3.28. The summed E-state index contributed by atoms with van der Waals surface area (Å²) in [6.07, 6.45) is 8.33. The van der Waals surface area contributed by atoms with Gasteiger partial charge in [0.25, 0.3) is 0 Å². The summed E-state index contributed by atoms with van der Waals surface area (Å²) in [5.41, 5.74) is 1.27. The molecule has 42 valence electrons. The molecule has 0 aliphatic heterocycles. The third-order valence-electron chi connectivity index (χ3n) is 0.867. The maximum Gasteiger partial charge on any atom is 0 e. The largest absolute Gasteiger partial charge is 0.270 e. The van der Waals surface area contributed by atoms with Gasteiger partial charge >= 0.3 is 0 Å². The van der Waals surface area contributed by atoms with E-state index in [1.165, 1.54) is 5.57 Å². The molecule has 1 rings (SSSR count). The number of rotatable bonds is 0. The predicted molar refractivity (Wildman–Crippen MR) is 26.2 cm³/mol. The maximum absolute atomic E-state index is 3.12. The summed E-state index contributed by atoms with van der Waals surface area (Å²) >= 11 is 0. The Bertz CT molecular complexity index is 98.0. The van der Waals surface area contributed by atoms with E-state index in [1.54, 1.807) is 0 Å². The third kappa shape index (κ3) is 2.09. The SMILES string of the molecule is CC1=[C-]CC=C1.[Pt]. The molecule has 0 fully saturated rings. The van der Waals surface area contributed by atoms with Crippen LogP contribution in [0.15, 0.2) is 17.7 Å². The Labute approximate surface area is 58.6 Å². The summed E-state index contributed by atoms with van der Waals surface area (Å²) in [6, 6.07) is 0. The number of allylic oxidation sites excluding steroid dienone is 4. The summed E-state index contributed by atoms with van der Waals surface area (Å²) in [5.74, 6) is 0. The molecule has 0 aromatic carbocycles. The van der Waals surface area contributed by atoms with E-state index in [-0.39, 0.29) is 21.1 Å². The molecule has 7 heavy (non-hydrogen) atoms. The predicted octanol–water partition coefficient (Wildman–Crippen LogP) is 1.69. The van der Waals surface area contributed by atoms with Crippen LogP contribution in [0.2, 0.25) is 0 Å². The normalized spacial score (nSPS) is 15.9.